The summed E-state index contributed by atoms with van der Waals surface area (Å²) in [6, 6.07) is 17.1. The lowest BCUT2D eigenvalue weighted by Crippen LogP contribution is -2.63. The van der Waals surface area contributed by atoms with E-state index in [1.54, 1.807) is 24.9 Å². The van der Waals surface area contributed by atoms with Crippen molar-refractivity contribution in [2.45, 2.75) is 57.2 Å². The maximum absolute atomic E-state index is 15.4. The van der Waals surface area contributed by atoms with E-state index in [1.165, 1.54) is 13.2 Å². The summed E-state index contributed by atoms with van der Waals surface area (Å²) in [6.45, 7) is 3.97. The van der Waals surface area contributed by atoms with Crippen molar-refractivity contribution < 1.29 is 23.5 Å². The molecule has 3 atom stereocenters. The van der Waals surface area contributed by atoms with E-state index < -0.39 is 23.3 Å². The van der Waals surface area contributed by atoms with Crippen LogP contribution >= 0.6 is 23.2 Å². The first-order valence-electron chi connectivity index (χ1n) is 18.2. The standard InChI is InChI=1S/C41H51Cl2FN6O4/c1-27(39(51)47-35(25-53-6)40(52)50(5)41(18-7-19-45-26-41)22-28-9-13-30(42)14-10-28)8-17-33-34(44)20-31(43)21-37(33)54-32-15-11-29(12-16-32)36-23-46-38(49(36)4)24-48(2)3/h9-16,20-21,23,27,35,45H,7-8,17-19,22,24-26H2,1-6H3,(H,47,51)/t27-,35+,41-/m1/s1. The molecule has 10 nitrogen and oxygen atoms in total. The Kier molecular flexibility index (Phi) is 14.1. The second kappa shape index (κ2) is 18.6. The number of nitrogens with zero attached hydrogens (tertiary/aromatic N) is 4. The molecule has 290 valence electrons. The molecule has 0 radical (unpaired) electrons. The van der Waals surface area contributed by atoms with Crippen molar-refractivity contribution >= 4 is 35.0 Å². The third-order valence-corrected chi connectivity index (χ3v) is 10.7. The molecule has 2 heterocycles. The zero-order chi connectivity index (χ0) is 39.0. The van der Waals surface area contributed by atoms with Crippen LogP contribution in [0.5, 0.6) is 11.5 Å². The maximum Gasteiger partial charge on any atom is 0.247 e. The van der Waals surface area contributed by atoms with Gasteiger partial charge in [0.05, 0.1) is 30.6 Å². The fourth-order valence-corrected chi connectivity index (χ4v) is 7.31. The molecule has 1 aromatic heterocycles. The van der Waals surface area contributed by atoms with Gasteiger partial charge < -0.3 is 34.5 Å². The maximum atomic E-state index is 15.4. The van der Waals surface area contributed by atoms with E-state index in [1.807, 2.05) is 75.9 Å². The van der Waals surface area contributed by atoms with Crippen LogP contribution in [0.15, 0.2) is 66.9 Å². The summed E-state index contributed by atoms with van der Waals surface area (Å²) in [5, 5.41) is 7.23. The van der Waals surface area contributed by atoms with Crippen molar-refractivity contribution in [1.29, 1.82) is 0 Å². The third-order valence-electron chi connectivity index (χ3n) is 10.2. The number of rotatable bonds is 16. The van der Waals surface area contributed by atoms with Gasteiger partial charge in [-0.1, -0.05) is 42.3 Å². The number of benzene rings is 3. The number of amides is 2. The second-order valence-corrected chi connectivity index (χ2v) is 15.4. The molecule has 0 spiro atoms. The third kappa shape index (κ3) is 10.2. The van der Waals surface area contributed by atoms with Crippen LogP contribution in [-0.4, -0.2) is 90.7 Å². The van der Waals surface area contributed by atoms with Gasteiger partial charge in [-0.05, 0) is 107 Å². The van der Waals surface area contributed by atoms with E-state index in [0.29, 0.717) is 42.3 Å². The SMILES string of the molecule is COC[C@H](NC(=O)[C@H](C)CCc1c(F)cc(Cl)cc1Oc1ccc(-c2cnc(CN(C)C)n2C)cc1)C(=O)N(C)[C@@]1(Cc2ccc(Cl)cc2)CCCNC1. The first-order chi connectivity index (χ1) is 25.8. The van der Waals surface area contributed by atoms with Crippen molar-refractivity contribution in [3.8, 4) is 22.8 Å². The largest absolute Gasteiger partial charge is 0.457 e. The summed E-state index contributed by atoms with van der Waals surface area (Å²) >= 11 is 12.4. The molecule has 1 aliphatic rings. The predicted octanol–water partition coefficient (Wildman–Crippen LogP) is 6.91. The molecule has 2 amide bonds. The van der Waals surface area contributed by atoms with Crippen LogP contribution < -0.4 is 15.4 Å². The van der Waals surface area contributed by atoms with E-state index in [-0.39, 0.29) is 35.6 Å². The average Bonchev–Trinajstić information content (AvgIpc) is 3.50. The van der Waals surface area contributed by atoms with E-state index in [0.717, 1.165) is 42.0 Å². The number of piperidine rings is 1. The predicted molar refractivity (Wildman–Crippen MR) is 212 cm³/mol. The zero-order valence-corrected chi connectivity index (χ0v) is 33.4. The Hall–Kier alpha value is -4.00. The van der Waals surface area contributed by atoms with Gasteiger partial charge in [-0.3, -0.25) is 9.59 Å². The van der Waals surface area contributed by atoms with Crippen molar-refractivity contribution in [2.75, 3.05) is 47.9 Å². The van der Waals surface area contributed by atoms with Gasteiger partial charge in [-0.15, -0.1) is 0 Å². The Balaban J connectivity index is 1.25. The van der Waals surface area contributed by atoms with Gasteiger partial charge in [0, 0.05) is 54.8 Å². The summed E-state index contributed by atoms with van der Waals surface area (Å²) < 4.78 is 29.1. The van der Waals surface area contributed by atoms with Gasteiger partial charge in [0.2, 0.25) is 11.8 Å². The molecule has 0 unspecified atom stereocenters. The molecule has 5 rings (SSSR count). The number of carbonyl (C=O) groups is 2. The quantitative estimate of drug-likeness (QED) is 0.128. The van der Waals surface area contributed by atoms with Crippen LogP contribution in [0.1, 0.15) is 43.1 Å². The summed E-state index contributed by atoms with van der Waals surface area (Å²) in [4.78, 5) is 36.0. The number of carbonyl (C=O) groups excluding carboxylic acids is 2. The molecular weight excluding hydrogens is 730 g/mol. The highest BCUT2D eigenvalue weighted by Crippen LogP contribution is 2.34. The molecule has 2 N–H and O–H groups in total. The van der Waals surface area contributed by atoms with E-state index in [2.05, 4.69) is 25.1 Å². The van der Waals surface area contributed by atoms with Gasteiger partial charge in [0.1, 0.15) is 29.2 Å². The second-order valence-electron chi connectivity index (χ2n) is 14.5. The minimum atomic E-state index is -0.904. The summed E-state index contributed by atoms with van der Waals surface area (Å²) in [5.74, 6) is 0.0830. The molecular formula is C41H51Cl2FN6O4. The van der Waals surface area contributed by atoms with Gasteiger partial charge >= 0.3 is 0 Å². The van der Waals surface area contributed by atoms with E-state index >= 15 is 4.39 Å². The number of ether oxygens (including phenoxy) is 2. The van der Waals surface area contributed by atoms with E-state index in [4.69, 9.17) is 32.7 Å². The Morgan fingerprint density at radius 2 is 1.80 bits per heavy atom. The minimum absolute atomic E-state index is 0.00647. The smallest absolute Gasteiger partial charge is 0.247 e. The van der Waals surface area contributed by atoms with Crippen LogP contribution in [-0.2, 0) is 40.8 Å². The first-order valence-corrected chi connectivity index (χ1v) is 19.0. The number of methoxy groups -OCH3 is 1. The van der Waals surface area contributed by atoms with Crippen molar-refractivity contribution in [1.82, 2.24) is 30.0 Å². The van der Waals surface area contributed by atoms with Crippen LogP contribution in [0.25, 0.3) is 11.3 Å². The fourth-order valence-electron chi connectivity index (χ4n) is 6.98. The molecule has 0 saturated carbocycles. The number of hydrogen-bond donors (Lipinski definition) is 2. The number of imidazole rings is 1. The lowest BCUT2D eigenvalue weighted by Gasteiger charge is -2.46. The molecule has 1 fully saturated rings. The molecule has 4 aromatic rings. The number of nitrogens with one attached hydrogen (secondary N) is 2. The summed E-state index contributed by atoms with van der Waals surface area (Å²) in [6.07, 6.45) is 4.68. The summed E-state index contributed by atoms with van der Waals surface area (Å²) in [5.41, 5.74) is 2.80. The molecule has 0 bridgehead atoms. The van der Waals surface area contributed by atoms with Crippen LogP contribution in [0, 0.1) is 11.7 Å². The Labute approximate surface area is 327 Å². The number of likely N-dealkylation sites (N-methyl/N-ethyl adjacent to an activating group) is 1. The topological polar surface area (TPSA) is 101 Å². The average molecular weight is 782 g/mol. The van der Waals surface area contributed by atoms with Crippen molar-refractivity contribution in [3.63, 3.8) is 0 Å². The van der Waals surface area contributed by atoms with Gasteiger partial charge in [0.25, 0.3) is 0 Å². The number of aromatic nitrogens is 2. The zero-order valence-electron chi connectivity index (χ0n) is 31.9. The number of halogens is 3. The molecule has 13 heteroatoms. The highest BCUT2D eigenvalue weighted by atomic mass is 35.5. The molecule has 54 heavy (non-hydrogen) atoms. The molecule has 1 saturated heterocycles. The Morgan fingerprint density at radius 3 is 2.44 bits per heavy atom. The van der Waals surface area contributed by atoms with Gasteiger partial charge in [-0.25, -0.2) is 9.37 Å². The van der Waals surface area contributed by atoms with Gasteiger partial charge in [0.15, 0.2) is 0 Å². The lowest BCUT2D eigenvalue weighted by atomic mass is 9.82. The first kappa shape index (κ1) is 41.2. The van der Waals surface area contributed by atoms with Crippen LogP contribution in [0.3, 0.4) is 0 Å². The molecule has 1 aliphatic heterocycles. The van der Waals surface area contributed by atoms with E-state index in [9.17, 15) is 9.59 Å². The Morgan fingerprint density at radius 1 is 1.07 bits per heavy atom. The van der Waals surface area contributed by atoms with Crippen molar-refractivity contribution in [3.05, 3.63) is 99.7 Å². The lowest BCUT2D eigenvalue weighted by molar-refractivity contribution is -0.143. The minimum Gasteiger partial charge on any atom is -0.457 e. The highest BCUT2D eigenvalue weighted by molar-refractivity contribution is 6.31. The normalized spacial score (nSPS) is 16.9. The highest BCUT2D eigenvalue weighted by Gasteiger charge is 2.41. The van der Waals surface area contributed by atoms with Gasteiger partial charge in [-0.2, -0.15) is 0 Å². The van der Waals surface area contributed by atoms with Crippen LogP contribution in [0.2, 0.25) is 10.0 Å². The Bertz CT molecular complexity index is 1880. The van der Waals surface area contributed by atoms with Crippen LogP contribution in [0.4, 0.5) is 4.39 Å². The monoisotopic (exact) mass is 780 g/mol. The summed E-state index contributed by atoms with van der Waals surface area (Å²) in [7, 11) is 9.28. The molecule has 3 aromatic carbocycles. The number of hydrogen-bond acceptors (Lipinski definition) is 7. The molecule has 0 aliphatic carbocycles. The fraction of sp³-hybridized carbons (Fsp3) is 0.439. The van der Waals surface area contributed by atoms with Crippen molar-refractivity contribution in [2.24, 2.45) is 13.0 Å².